The molecule has 51 heavy (non-hydrogen) atoms. The van der Waals surface area contributed by atoms with Crippen molar-refractivity contribution in [2.24, 2.45) is 10.1 Å². The Morgan fingerprint density at radius 1 is 1.04 bits per heavy atom. The molecule has 0 radical (unpaired) electrons. The summed E-state index contributed by atoms with van der Waals surface area (Å²) in [5.74, 6) is -2.74. The molecule has 1 N–H and O–H groups in total. The number of esters is 4. The van der Waals surface area contributed by atoms with Gasteiger partial charge in [0.15, 0.2) is 12.2 Å². The van der Waals surface area contributed by atoms with Crippen LogP contribution in [0.2, 0.25) is 0 Å². The van der Waals surface area contributed by atoms with E-state index in [0.29, 0.717) is 17.9 Å². The highest BCUT2D eigenvalue weighted by molar-refractivity contribution is 8.16. The van der Waals surface area contributed by atoms with Crippen molar-refractivity contribution in [3.63, 3.8) is 0 Å². The third-order valence-electron chi connectivity index (χ3n) is 7.24. The first kappa shape index (κ1) is 40.7. The van der Waals surface area contributed by atoms with Gasteiger partial charge in [-0.15, -0.1) is 11.8 Å². The number of carbonyl (C=O) groups is 5. The molecule has 1 aromatic heterocycles. The molecule has 0 aliphatic carbocycles. The molecule has 17 nitrogen and oxygen atoms in total. The lowest BCUT2D eigenvalue weighted by Gasteiger charge is -2.42. The second kappa shape index (κ2) is 18.5. The molecular weight excluding hydrogens is 694 g/mol. The van der Waals surface area contributed by atoms with Gasteiger partial charge in [0.05, 0.1) is 12.1 Å². The van der Waals surface area contributed by atoms with Crippen molar-refractivity contribution in [2.45, 2.75) is 104 Å². The van der Waals surface area contributed by atoms with Gasteiger partial charge in [-0.1, -0.05) is 31.2 Å². The normalized spacial score (nSPS) is 25.0. The lowest BCUT2D eigenvalue weighted by atomic mass is 9.98. The predicted molar refractivity (Wildman–Crippen MR) is 181 cm³/mol. The van der Waals surface area contributed by atoms with Crippen LogP contribution in [0.15, 0.2) is 44.1 Å². The van der Waals surface area contributed by atoms with Crippen molar-refractivity contribution < 1.29 is 61.6 Å². The summed E-state index contributed by atoms with van der Waals surface area (Å²) in [5, 5.41) is 7.39. The van der Waals surface area contributed by atoms with E-state index in [1.165, 1.54) is 23.9 Å². The third kappa shape index (κ3) is 11.7. The minimum atomic E-state index is -1.54. The van der Waals surface area contributed by atoms with Gasteiger partial charge in [0, 0.05) is 39.5 Å². The molecule has 2 aliphatic heterocycles. The van der Waals surface area contributed by atoms with Crippen LogP contribution in [0.25, 0.3) is 0 Å². The maximum atomic E-state index is 13.6. The van der Waals surface area contributed by atoms with Crippen molar-refractivity contribution >= 4 is 52.3 Å². The fraction of sp³-hybridized carbons (Fsp3) is 0.576. The number of nitrogens with zero attached hydrogens (tertiary/aromatic N) is 2. The zero-order valence-electron chi connectivity index (χ0n) is 29.5. The Morgan fingerprint density at radius 3 is 2.29 bits per heavy atom. The van der Waals surface area contributed by atoms with Crippen LogP contribution < -0.4 is 15.7 Å². The number of rotatable bonds is 16. The number of hydrogen-bond donors (Lipinski definition) is 1. The highest BCUT2D eigenvalue weighted by Gasteiger charge is 2.53. The summed E-state index contributed by atoms with van der Waals surface area (Å²) in [6, 6.07) is 2.10. The SMILES string of the molecule is C=CCOc1cc([C@@H](CCC)NC(=O)[C@]2(C)CSC(/C(C)=N/O[C@H]3O[C@H](COC(C)=O)[C@@H](OC(C)=O)[C@H](OC(C)=O)[C@H]3OC(C)=O)=N2)oc(=O)c1. The van der Waals surface area contributed by atoms with Gasteiger partial charge in [-0.25, -0.2) is 4.79 Å². The largest absolute Gasteiger partial charge is 0.489 e. The Labute approximate surface area is 298 Å². The smallest absolute Gasteiger partial charge is 0.339 e. The second-order valence-corrected chi connectivity index (χ2v) is 12.7. The topological polar surface area (TPSA) is 217 Å². The number of carbonyl (C=O) groups excluding carboxylic acids is 5. The summed E-state index contributed by atoms with van der Waals surface area (Å²) < 4.78 is 38.0. The molecule has 1 aromatic rings. The number of nitrogens with one attached hydrogen (secondary N) is 1. The lowest BCUT2D eigenvalue weighted by molar-refractivity contribution is -0.308. The minimum absolute atomic E-state index is 0.179. The molecule has 18 heteroatoms. The molecule has 0 aromatic carbocycles. The van der Waals surface area contributed by atoms with Crippen LogP contribution >= 0.6 is 11.8 Å². The second-order valence-electron chi connectivity index (χ2n) is 11.8. The average molecular weight is 738 g/mol. The van der Waals surface area contributed by atoms with Gasteiger partial charge in [-0.05, 0) is 20.3 Å². The lowest BCUT2D eigenvalue weighted by Crippen LogP contribution is -2.62. The van der Waals surface area contributed by atoms with Crippen molar-refractivity contribution in [3.05, 3.63) is 41.0 Å². The number of oxime groups is 1. The summed E-state index contributed by atoms with van der Waals surface area (Å²) in [6.07, 6.45) is -4.39. The first-order valence-corrected chi connectivity index (χ1v) is 17.0. The van der Waals surface area contributed by atoms with E-state index in [4.69, 9.17) is 37.7 Å². The number of hydrogen-bond acceptors (Lipinski definition) is 17. The summed E-state index contributed by atoms with van der Waals surface area (Å²) in [6.45, 7) is 12.9. The van der Waals surface area contributed by atoms with Crippen LogP contribution in [0.4, 0.5) is 0 Å². The van der Waals surface area contributed by atoms with Gasteiger partial charge in [0.1, 0.15) is 47.1 Å². The first-order chi connectivity index (χ1) is 24.1. The minimum Gasteiger partial charge on any atom is -0.489 e. The van der Waals surface area contributed by atoms with Gasteiger partial charge in [-0.2, -0.15) is 0 Å². The molecule has 3 rings (SSSR count). The Bertz CT molecular complexity index is 1590. The van der Waals surface area contributed by atoms with Crippen molar-refractivity contribution in [1.29, 1.82) is 0 Å². The summed E-state index contributed by atoms with van der Waals surface area (Å²) in [4.78, 5) is 83.9. The zero-order chi connectivity index (χ0) is 37.9. The van der Waals surface area contributed by atoms with Crippen LogP contribution in [0.3, 0.4) is 0 Å². The van der Waals surface area contributed by atoms with E-state index in [2.05, 4.69) is 22.0 Å². The first-order valence-electron chi connectivity index (χ1n) is 16.0. The number of ether oxygens (including phenoxy) is 6. The molecule has 3 heterocycles. The van der Waals surface area contributed by atoms with E-state index in [0.717, 1.165) is 27.7 Å². The van der Waals surface area contributed by atoms with E-state index in [1.54, 1.807) is 19.9 Å². The van der Waals surface area contributed by atoms with Crippen molar-refractivity contribution in [1.82, 2.24) is 5.32 Å². The van der Waals surface area contributed by atoms with Gasteiger partial charge < -0.3 is 43.0 Å². The predicted octanol–water partition coefficient (Wildman–Crippen LogP) is 2.54. The Balaban J connectivity index is 1.86. The van der Waals surface area contributed by atoms with Crippen molar-refractivity contribution in [2.75, 3.05) is 19.0 Å². The standard InChI is InChI=1S/C33H43N3O14S/c1-9-11-23(24-13-22(43-12-10-2)14-26(41)48-24)34-32(42)33(8)16-51-30(35-33)17(3)36-50-31-29(47-21(7)40)28(46-20(6)39)27(45-19(5)38)25(49-31)15-44-18(4)37/h10,13-14,23,25,27-29,31H,2,9,11-12,15-16H2,1,3-8H3,(H,34,42)/b36-17+/t23-,25-,27-,28+,29-,31-,33+/m1/s1. The Kier molecular flexibility index (Phi) is 14.8. The number of amides is 1. The van der Waals surface area contributed by atoms with E-state index in [-0.39, 0.29) is 29.6 Å². The van der Waals surface area contributed by atoms with Gasteiger partial charge >= 0.3 is 29.5 Å². The molecule has 2 aliphatic rings. The van der Waals surface area contributed by atoms with Crippen LogP contribution in [0, 0.1) is 0 Å². The molecule has 280 valence electrons. The van der Waals surface area contributed by atoms with E-state index in [9.17, 15) is 28.8 Å². The Morgan fingerprint density at radius 2 is 1.69 bits per heavy atom. The summed E-state index contributed by atoms with van der Waals surface area (Å²) in [7, 11) is 0. The number of thioether (sulfide) groups is 1. The summed E-state index contributed by atoms with van der Waals surface area (Å²) in [5.41, 5.74) is -1.67. The fourth-order valence-corrected chi connectivity index (χ4v) is 6.14. The fourth-order valence-electron chi connectivity index (χ4n) is 5.01. The average Bonchev–Trinajstić information content (AvgIpc) is 3.46. The zero-order valence-corrected chi connectivity index (χ0v) is 30.3. The highest BCUT2D eigenvalue weighted by atomic mass is 32.2. The molecule has 0 saturated carbocycles. The van der Waals surface area contributed by atoms with Crippen LogP contribution in [-0.2, 0) is 52.5 Å². The van der Waals surface area contributed by atoms with Gasteiger partial charge in [0.25, 0.3) is 6.29 Å². The van der Waals surface area contributed by atoms with Crippen LogP contribution in [-0.4, -0.2) is 95.8 Å². The molecule has 0 bridgehead atoms. The van der Waals surface area contributed by atoms with Gasteiger partial charge in [-0.3, -0.25) is 29.0 Å². The molecule has 7 atom stereocenters. The highest BCUT2D eigenvalue weighted by Crippen LogP contribution is 2.32. The molecule has 1 amide bonds. The maximum Gasteiger partial charge on any atom is 0.339 e. The van der Waals surface area contributed by atoms with Gasteiger partial charge in [0.2, 0.25) is 12.0 Å². The van der Waals surface area contributed by atoms with E-state index < -0.39 is 84.3 Å². The summed E-state index contributed by atoms with van der Waals surface area (Å²) >= 11 is 1.23. The Hall–Kier alpha value is -4.71. The molecule has 1 fully saturated rings. The molecule has 0 unspecified atom stereocenters. The molecular formula is C33H43N3O14S. The number of aliphatic imine (C=N–C) groups is 1. The molecule has 1 saturated heterocycles. The van der Waals surface area contributed by atoms with Crippen LogP contribution in [0.1, 0.15) is 73.1 Å². The van der Waals surface area contributed by atoms with E-state index >= 15 is 0 Å². The maximum absolute atomic E-state index is 13.6. The third-order valence-corrected chi connectivity index (χ3v) is 8.60. The molecule has 0 spiro atoms. The quantitative estimate of drug-likeness (QED) is 0.0848. The monoisotopic (exact) mass is 737 g/mol. The van der Waals surface area contributed by atoms with Crippen LogP contribution in [0.5, 0.6) is 5.75 Å². The van der Waals surface area contributed by atoms with Crippen molar-refractivity contribution in [3.8, 4) is 5.75 Å². The van der Waals surface area contributed by atoms with E-state index in [1.807, 2.05) is 6.92 Å².